The van der Waals surface area contributed by atoms with Crippen LogP contribution in [0.3, 0.4) is 0 Å². The van der Waals surface area contributed by atoms with E-state index < -0.39 is 0 Å². The maximum Gasteiger partial charge on any atom is 0.155 e. The van der Waals surface area contributed by atoms with Gasteiger partial charge in [-0.05, 0) is 0 Å². The first-order valence-corrected chi connectivity index (χ1v) is 3.42. The molecular weight excluding hydrogens is 119 g/mol. The van der Waals surface area contributed by atoms with Gasteiger partial charge in [0.05, 0.1) is 0 Å². The molecule has 1 rings (SSSR count). The van der Waals surface area contributed by atoms with Gasteiger partial charge in [0.2, 0.25) is 0 Å². The van der Waals surface area contributed by atoms with Gasteiger partial charge in [-0.2, -0.15) is 0 Å². The van der Waals surface area contributed by atoms with Gasteiger partial charge in [0.1, 0.15) is 0 Å². The Kier molecular flexibility index (Phi) is 2.81. The first kappa shape index (κ1) is 7.14. The van der Waals surface area contributed by atoms with Crippen LogP contribution in [0.25, 0.3) is 0 Å². The summed E-state index contributed by atoms with van der Waals surface area (Å²) in [5.74, 6) is 0. The van der Waals surface area contributed by atoms with E-state index in [0.29, 0.717) is 0 Å². The van der Waals surface area contributed by atoms with Crippen molar-refractivity contribution in [3.63, 3.8) is 0 Å². The van der Waals surface area contributed by atoms with Gasteiger partial charge in [-0.3, -0.25) is 0 Å². The normalized spacial score (nSPS) is 8.80. The van der Waals surface area contributed by atoms with E-state index in [1.807, 2.05) is 24.3 Å². The van der Waals surface area contributed by atoms with Crippen molar-refractivity contribution >= 4 is 12.7 Å². The maximum absolute atomic E-state index is 3.64. The average molecular weight is 129 g/mol. The Morgan fingerprint density at radius 1 is 1.30 bits per heavy atom. The van der Waals surface area contributed by atoms with Crippen molar-refractivity contribution in [2.45, 2.75) is 6.32 Å². The summed E-state index contributed by atoms with van der Waals surface area (Å²) in [6.07, 6.45) is 2.84. The highest BCUT2D eigenvalue weighted by atomic mass is 13.8. The van der Waals surface area contributed by atoms with Gasteiger partial charge in [0, 0.05) is 0 Å². The van der Waals surface area contributed by atoms with Crippen LogP contribution in [0.4, 0.5) is 0 Å². The summed E-state index contributed by atoms with van der Waals surface area (Å²) in [5, 5.41) is 0. The molecule has 10 heavy (non-hydrogen) atoms. The second-order valence-corrected chi connectivity index (χ2v) is 2.14. The molecule has 0 aliphatic heterocycles. The van der Waals surface area contributed by atoms with Crippen LogP contribution >= 0.6 is 0 Å². The first-order chi connectivity index (χ1) is 4.93. The maximum atomic E-state index is 3.64. The highest BCUT2D eigenvalue weighted by Gasteiger charge is 1.88. The fraction of sp³-hybridized carbons (Fsp3) is 0.111. The summed E-state index contributed by atoms with van der Waals surface area (Å²) in [7, 11) is 2.15. The summed E-state index contributed by atoms with van der Waals surface area (Å²) in [6, 6.07) is 10.3. The van der Waals surface area contributed by atoms with E-state index in [-0.39, 0.29) is 0 Å². The molecule has 1 radical (unpaired) electrons. The molecule has 0 aliphatic carbocycles. The van der Waals surface area contributed by atoms with Crippen molar-refractivity contribution in [2.75, 3.05) is 0 Å². The molecule has 0 unspecified atom stereocenters. The predicted octanol–water partition coefficient (Wildman–Crippen LogP) is 1.62. The minimum absolute atomic E-state index is 0.948. The molecule has 1 aromatic rings. The molecule has 0 atom stereocenters. The lowest BCUT2D eigenvalue weighted by molar-refractivity contribution is 1.69. The summed E-state index contributed by atoms with van der Waals surface area (Å²) in [5.41, 5.74) is 1.27. The average Bonchev–Trinajstić information content (AvgIpc) is 2.03. The van der Waals surface area contributed by atoms with Crippen LogP contribution < -0.4 is 5.46 Å². The highest BCUT2D eigenvalue weighted by molar-refractivity contribution is 6.53. The second-order valence-electron chi connectivity index (χ2n) is 2.14. The Labute approximate surface area is 62.8 Å². The van der Waals surface area contributed by atoms with Gasteiger partial charge in [0.15, 0.2) is 7.28 Å². The molecule has 0 saturated carbocycles. The molecule has 0 aliphatic rings. The molecule has 49 valence electrons. The molecule has 0 bridgehead atoms. The SMILES string of the molecule is C=CC[B]c1ccccc1. The lowest BCUT2D eigenvalue weighted by Gasteiger charge is -1.92. The van der Waals surface area contributed by atoms with Crippen molar-refractivity contribution in [3.05, 3.63) is 43.0 Å². The minimum Gasteiger partial charge on any atom is -0.104 e. The van der Waals surface area contributed by atoms with Gasteiger partial charge >= 0.3 is 0 Å². The van der Waals surface area contributed by atoms with Crippen LogP contribution in [0.5, 0.6) is 0 Å². The topological polar surface area (TPSA) is 0 Å². The van der Waals surface area contributed by atoms with E-state index in [1.165, 1.54) is 5.46 Å². The standard InChI is InChI=1S/C9H10B/c1-2-8-10-9-6-4-3-5-7-9/h2-7H,1,8H2. The molecule has 0 nitrogen and oxygen atoms in total. The summed E-state index contributed by atoms with van der Waals surface area (Å²) >= 11 is 0. The lowest BCUT2D eigenvalue weighted by atomic mass is 9.67. The molecule has 0 fully saturated rings. The van der Waals surface area contributed by atoms with Gasteiger partial charge in [-0.1, -0.05) is 48.2 Å². The molecule has 0 aromatic heterocycles. The molecule has 0 amide bonds. The third kappa shape index (κ3) is 2.10. The molecule has 0 spiro atoms. The monoisotopic (exact) mass is 129 g/mol. The van der Waals surface area contributed by atoms with E-state index >= 15 is 0 Å². The zero-order valence-electron chi connectivity index (χ0n) is 5.96. The highest BCUT2D eigenvalue weighted by Crippen LogP contribution is 1.84. The molecule has 0 saturated heterocycles. The Balaban J connectivity index is 2.50. The Bertz CT molecular complexity index is 191. The molecule has 1 aromatic carbocycles. The fourth-order valence-corrected chi connectivity index (χ4v) is 0.809. The molecule has 0 heterocycles. The fourth-order valence-electron chi connectivity index (χ4n) is 0.809. The van der Waals surface area contributed by atoms with Crippen molar-refractivity contribution in [3.8, 4) is 0 Å². The van der Waals surface area contributed by atoms with Crippen LogP contribution in [-0.4, -0.2) is 7.28 Å². The predicted molar refractivity (Wildman–Crippen MR) is 46.8 cm³/mol. The van der Waals surface area contributed by atoms with Crippen LogP contribution in [0, 0.1) is 0 Å². The largest absolute Gasteiger partial charge is 0.155 e. The summed E-state index contributed by atoms with van der Waals surface area (Å²) in [4.78, 5) is 0. The van der Waals surface area contributed by atoms with Crippen molar-refractivity contribution in [2.24, 2.45) is 0 Å². The third-order valence-electron chi connectivity index (χ3n) is 1.32. The lowest BCUT2D eigenvalue weighted by Crippen LogP contribution is -2.11. The number of hydrogen-bond donors (Lipinski definition) is 0. The van der Waals surface area contributed by atoms with Gasteiger partial charge < -0.3 is 0 Å². The first-order valence-electron chi connectivity index (χ1n) is 3.42. The van der Waals surface area contributed by atoms with Crippen LogP contribution in [0.15, 0.2) is 43.0 Å². The van der Waals surface area contributed by atoms with E-state index in [0.717, 1.165) is 6.32 Å². The number of allylic oxidation sites excluding steroid dienone is 1. The van der Waals surface area contributed by atoms with Gasteiger partial charge in [-0.15, -0.1) is 6.58 Å². The van der Waals surface area contributed by atoms with Crippen LogP contribution in [-0.2, 0) is 0 Å². The van der Waals surface area contributed by atoms with Crippen LogP contribution in [0.2, 0.25) is 6.32 Å². The van der Waals surface area contributed by atoms with E-state index in [1.54, 1.807) is 0 Å². The van der Waals surface area contributed by atoms with E-state index in [9.17, 15) is 0 Å². The van der Waals surface area contributed by atoms with Crippen LogP contribution in [0.1, 0.15) is 0 Å². The quantitative estimate of drug-likeness (QED) is 0.429. The number of hydrogen-bond acceptors (Lipinski definition) is 0. The zero-order chi connectivity index (χ0) is 7.23. The zero-order valence-corrected chi connectivity index (χ0v) is 5.96. The van der Waals surface area contributed by atoms with E-state index in [4.69, 9.17) is 0 Å². The third-order valence-corrected chi connectivity index (χ3v) is 1.32. The van der Waals surface area contributed by atoms with Crippen molar-refractivity contribution < 1.29 is 0 Å². The smallest absolute Gasteiger partial charge is 0.104 e. The number of benzene rings is 1. The Morgan fingerprint density at radius 3 is 2.60 bits per heavy atom. The van der Waals surface area contributed by atoms with Crippen molar-refractivity contribution in [1.29, 1.82) is 0 Å². The minimum atomic E-state index is 0.948. The van der Waals surface area contributed by atoms with Gasteiger partial charge in [-0.25, -0.2) is 0 Å². The summed E-state index contributed by atoms with van der Waals surface area (Å²) < 4.78 is 0. The van der Waals surface area contributed by atoms with Crippen molar-refractivity contribution in [1.82, 2.24) is 0 Å². The molecule has 1 heteroatoms. The van der Waals surface area contributed by atoms with E-state index in [2.05, 4.69) is 26.0 Å². The molecular formula is C9H10B. The second kappa shape index (κ2) is 3.94. The number of rotatable bonds is 3. The summed E-state index contributed by atoms with van der Waals surface area (Å²) in [6.45, 7) is 3.64. The Morgan fingerprint density at radius 2 is 2.00 bits per heavy atom. The molecule has 0 N–H and O–H groups in total. The Hall–Kier alpha value is -0.975. The van der Waals surface area contributed by atoms with Gasteiger partial charge in [0.25, 0.3) is 0 Å².